The molecule has 116 valence electrons. The third kappa shape index (κ3) is 5.34. The summed E-state index contributed by atoms with van der Waals surface area (Å²) in [6, 6.07) is 11.0. The number of thiol groups is 1. The molecular weight excluding hydrogens is 282 g/mol. The number of amides is 1. The fraction of sp³-hybridized carbons (Fsp3) is 0.562. The predicted molar refractivity (Wildman–Crippen MR) is 89.6 cm³/mol. The van der Waals surface area contributed by atoms with Crippen LogP contribution in [-0.2, 0) is 11.2 Å². The molecule has 1 aromatic rings. The minimum absolute atomic E-state index is 0.0688. The zero-order chi connectivity index (χ0) is 15.1. The molecule has 0 spiro atoms. The maximum Gasteiger partial charge on any atom is 0.234 e. The third-order valence-electron chi connectivity index (χ3n) is 4.04. The van der Waals surface area contributed by atoms with E-state index in [1.54, 1.807) is 0 Å². The highest BCUT2D eigenvalue weighted by Crippen LogP contribution is 2.14. The van der Waals surface area contributed by atoms with Gasteiger partial charge in [-0.25, -0.2) is 0 Å². The number of benzene rings is 1. The van der Waals surface area contributed by atoms with Gasteiger partial charge >= 0.3 is 0 Å². The average Bonchev–Trinajstić information content (AvgIpc) is 2.49. The smallest absolute Gasteiger partial charge is 0.234 e. The van der Waals surface area contributed by atoms with Crippen LogP contribution in [0.25, 0.3) is 0 Å². The minimum atomic E-state index is 0.0688. The summed E-state index contributed by atoms with van der Waals surface area (Å²) < 4.78 is 0. The molecule has 1 saturated heterocycles. The molecule has 1 heterocycles. The van der Waals surface area contributed by atoms with Gasteiger partial charge in [0, 0.05) is 25.7 Å². The average molecular weight is 307 g/mol. The highest BCUT2D eigenvalue weighted by Gasteiger charge is 2.26. The van der Waals surface area contributed by atoms with Crippen LogP contribution >= 0.6 is 12.6 Å². The Bertz CT molecular complexity index is 440. The number of nitrogens with zero attached hydrogens (tertiary/aromatic N) is 2. The number of likely N-dealkylation sites (N-methyl/N-ethyl adjacent to an activating group) is 1. The summed E-state index contributed by atoms with van der Waals surface area (Å²) in [5, 5.41) is 2.77. The van der Waals surface area contributed by atoms with Gasteiger partial charge in [-0.15, -0.1) is 0 Å². The Balaban J connectivity index is 1.90. The number of hydrogen-bond acceptors (Lipinski definition) is 4. The molecule has 1 unspecified atom stereocenters. The van der Waals surface area contributed by atoms with Crippen molar-refractivity contribution in [2.45, 2.75) is 18.9 Å². The molecule has 0 aromatic heterocycles. The number of rotatable bonds is 6. The molecule has 1 aromatic carbocycles. The van der Waals surface area contributed by atoms with Crippen LogP contribution in [0.3, 0.4) is 0 Å². The Kier molecular flexibility index (Phi) is 6.54. The van der Waals surface area contributed by atoms with Crippen molar-refractivity contribution >= 4 is 18.5 Å². The maximum absolute atomic E-state index is 11.8. The van der Waals surface area contributed by atoms with Crippen LogP contribution in [0.15, 0.2) is 30.3 Å². The number of nitrogens with one attached hydrogen (secondary N) is 1. The van der Waals surface area contributed by atoms with Gasteiger partial charge in [-0.1, -0.05) is 30.3 Å². The zero-order valence-corrected chi connectivity index (χ0v) is 13.6. The Morgan fingerprint density at radius 2 is 2.10 bits per heavy atom. The fourth-order valence-electron chi connectivity index (χ4n) is 2.84. The van der Waals surface area contributed by atoms with Crippen molar-refractivity contribution in [1.29, 1.82) is 0 Å². The fourth-order valence-corrected chi connectivity index (χ4v) is 3.01. The van der Waals surface area contributed by atoms with E-state index in [1.807, 2.05) is 6.07 Å². The number of carbonyl (C=O) groups is 1. The minimum Gasteiger partial charge on any atom is -0.346 e. The predicted octanol–water partition coefficient (Wildman–Crippen LogP) is 1.24. The van der Waals surface area contributed by atoms with Gasteiger partial charge in [0.2, 0.25) is 5.91 Å². The number of piperazine rings is 1. The van der Waals surface area contributed by atoms with Gasteiger partial charge in [0.1, 0.15) is 0 Å². The first-order valence-electron chi connectivity index (χ1n) is 7.53. The molecule has 1 aliphatic rings. The molecule has 0 saturated carbocycles. The van der Waals surface area contributed by atoms with Crippen LogP contribution in [0.2, 0.25) is 0 Å². The first-order chi connectivity index (χ1) is 10.2. The molecule has 2 rings (SSSR count). The van der Waals surface area contributed by atoms with Crippen LogP contribution in [0, 0.1) is 0 Å². The largest absolute Gasteiger partial charge is 0.346 e. The molecule has 0 aliphatic carbocycles. The SMILES string of the molecule is CN1CCN(CC(=O)NCS)C(CCc2ccccc2)C1. The Morgan fingerprint density at radius 3 is 2.81 bits per heavy atom. The van der Waals surface area contributed by atoms with Crippen LogP contribution in [0.5, 0.6) is 0 Å². The van der Waals surface area contributed by atoms with E-state index >= 15 is 0 Å². The van der Waals surface area contributed by atoms with Crippen LogP contribution in [0.4, 0.5) is 0 Å². The van der Waals surface area contributed by atoms with E-state index in [9.17, 15) is 4.79 Å². The molecule has 1 aliphatic heterocycles. The number of carbonyl (C=O) groups excluding carboxylic acids is 1. The normalized spacial score (nSPS) is 20.4. The highest BCUT2D eigenvalue weighted by molar-refractivity contribution is 7.80. The highest BCUT2D eigenvalue weighted by atomic mass is 32.1. The molecule has 1 fully saturated rings. The van der Waals surface area contributed by atoms with Gasteiger partial charge in [-0.2, -0.15) is 12.6 Å². The van der Waals surface area contributed by atoms with E-state index < -0.39 is 0 Å². The Morgan fingerprint density at radius 1 is 1.33 bits per heavy atom. The lowest BCUT2D eigenvalue weighted by Crippen LogP contribution is -2.54. The molecule has 5 heteroatoms. The van der Waals surface area contributed by atoms with Crippen molar-refractivity contribution in [3.63, 3.8) is 0 Å². The van der Waals surface area contributed by atoms with Crippen molar-refractivity contribution in [3.8, 4) is 0 Å². The lowest BCUT2D eigenvalue weighted by atomic mass is 10.0. The van der Waals surface area contributed by atoms with Crippen molar-refractivity contribution in [2.75, 3.05) is 39.1 Å². The topological polar surface area (TPSA) is 35.6 Å². The second kappa shape index (κ2) is 8.41. The monoisotopic (exact) mass is 307 g/mol. The van der Waals surface area contributed by atoms with E-state index in [0.29, 0.717) is 18.5 Å². The van der Waals surface area contributed by atoms with Crippen molar-refractivity contribution < 1.29 is 4.79 Å². The summed E-state index contributed by atoms with van der Waals surface area (Å²) in [5.41, 5.74) is 1.37. The third-order valence-corrected chi connectivity index (χ3v) is 4.20. The van der Waals surface area contributed by atoms with Gasteiger partial charge in [0.05, 0.1) is 12.4 Å². The molecule has 0 bridgehead atoms. The van der Waals surface area contributed by atoms with Crippen LogP contribution < -0.4 is 5.32 Å². The van der Waals surface area contributed by atoms with Crippen LogP contribution in [-0.4, -0.2) is 60.9 Å². The second-order valence-electron chi connectivity index (χ2n) is 5.67. The summed E-state index contributed by atoms with van der Waals surface area (Å²) in [4.78, 5) is 16.5. The summed E-state index contributed by atoms with van der Waals surface area (Å²) in [6.07, 6.45) is 2.15. The maximum atomic E-state index is 11.8. The molecule has 4 nitrogen and oxygen atoms in total. The summed E-state index contributed by atoms with van der Waals surface area (Å²) >= 11 is 4.04. The van der Waals surface area contributed by atoms with E-state index in [1.165, 1.54) is 5.56 Å². The number of aryl methyl sites for hydroxylation is 1. The Hall–Kier alpha value is -1.04. The second-order valence-corrected chi connectivity index (χ2v) is 5.99. The first kappa shape index (κ1) is 16.3. The first-order valence-corrected chi connectivity index (χ1v) is 8.16. The zero-order valence-electron chi connectivity index (χ0n) is 12.7. The lowest BCUT2D eigenvalue weighted by molar-refractivity contribution is -0.123. The van der Waals surface area contributed by atoms with Crippen LogP contribution in [0.1, 0.15) is 12.0 Å². The molecule has 1 amide bonds. The standard InChI is InChI=1S/C16H25N3OS/c1-18-9-10-19(12-16(20)17-13-21)15(11-18)8-7-14-5-3-2-4-6-14/h2-6,15,21H,7-13H2,1H3,(H,17,20). The quantitative estimate of drug-likeness (QED) is 0.613. The molecule has 1 atom stereocenters. The summed E-state index contributed by atoms with van der Waals surface area (Å²) in [6.45, 7) is 3.49. The molecule has 21 heavy (non-hydrogen) atoms. The Labute approximate surface area is 132 Å². The molecule has 1 N–H and O–H groups in total. The lowest BCUT2D eigenvalue weighted by Gasteiger charge is -2.39. The van der Waals surface area contributed by atoms with Gasteiger partial charge in [0.25, 0.3) is 0 Å². The summed E-state index contributed by atoms with van der Waals surface area (Å²) in [5.74, 6) is 0.473. The van der Waals surface area contributed by atoms with Gasteiger partial charge in [-0.05, 0) is 25.5 Å². The molecule has 0 radical (unpaired) electrons. The van der Waals surface area contributed by atoms with Gasteiger partial charge < -0.3 is 10.2 Å². The van der Waals surface area contributed by atoms with E-state index in [4.69, 9.17) is 0 Å². The van der Waals surface area contributed by atoms with Crippen molar-refractivity contribution in [1.82, 2.24) is 15.1 Å². The van der Waals surface area contributed by atoms with Crippen molar-refractivity contribution in [3.05, 3.63) is 35.9 Å². The van der Waals surface area contributed by atoms with Gasteiger partial charge in [-0.3, -0.25) is 9.69 Å². The van der Waals surface area contributed by atoms with E-state index in [2.05, 4.69) is 59.1 Å². The van der Waals surface area contributed by atoms with Crippen molar-refractivity contribution in [2.24, 2.45) is 0 Å². The molecular formula is C16H25N3OS. The van der Waals surface area contributed by atoms with Gasteiger partial charge in [0.15, 0.2) is 0 Å². The van der Waals surface area contributed by atoms with E-state index in [-0.39, 0.29) is 5.91 Å². The summed E-state index contributed by atoms with van der Waals surface area (Å²) in [7, 11) is 2.15. The number of hydrogen-bond donors (Lipinski definition) is 2. The van der Waals surface area contributed by atoms with E-state index in [0.717, 1.165) is 32.5 Å².